The molecule has 4 aromatic rings. The fraction of sp³-hybridized carbons (Fsp3) is 0.381. The minimum atomic E-state index is -1.14. The molecule has 0 unspecified atom stereocenters. The van der Waals surface area contributed by atoms with Gasteiger partial charge < -0.3 is 38.4 Å². The number of benzene rings is 4. The summed E-state index contributed by atoms with van der Waals surface area (Å²) in [5.41, 5.74) is 3.80. The van der Waals surface area contributed by atoms with Crippen LogP contribution in [-0.4, -0.2) is 72.5 Å². The number of esters is 1. The van der Waals surface area contributed by atoms with Crippen molar-refractivity contribution in [1.29, 1.82) is 0 Å². The lowest BCUT2D eigenvalue weighted by atomic mass is 9.98. The Bertz CT molecular complexity index is 1590. The van der Waals surface area contributed by atoms with Gasteiger partial charge in [-0.05, 0) is 41.5 Å². The first kappa shape index (κ1) is 38.6. The zero-order valence-electron chi connectivity index (χ0n) is 29.7. The third kappa shape index (κ3) is 12.6. The Morgan fingerprint density at radius 2 is 1.15 bits per heavy atom. The van der Waals surface area contributed by atoms with E-state index in [4.69, 9.17) is 28.4 Å². The first-order valence-electron chi connectivity index (χ1n) is 17.9. The fourth-order valence-electron chi connectivity index (χ4n) is 5.91. The average molecular weight is 712 g/mol. The van der Waals surface area contributed by atoms with Crippen LogP contribution in [0.4, 0.5) is 4.79 Å². The van der Waals surface area contributed by atoms with Gasteiger partial charge in [0.1, 0.15) is 37.6 Å². The molecule has 0 spiro atoms. The highest BCUT2D eigenvalue weighted by Gasteiger charge is 2.47. The minimum Gasteiger partial charge on any atom is -0.463 e. The Hall–Kier alpha value is -4.58. The molecule has 1 saturated heterocycles. The first-order chi connectivity index (χ1) is 25.5. The summed E-state index contributed by atoms with van der Waals surface area (Å²) in [6, 6.07) is 38.7. The van der Waals surface area contributed by atoms with Gasteiger partial charge in [0.15, 0.2) is 6.29 Å². The molecule has 4 aromatic carbocycles. The standard InChI is InChI=1S/C42H49NO9/c1-32(44)48-31-37-39(49-28-34-19-9-3-10-20-34)38(45)40(50-29-35-21-11-4-12-22-35)41(52-37)47-26-16-6-15-25-43(27-33-17-7-2-8-18-33)42(46)51-30-36-23-13-5-14-24-36/h2-5,7-14,17-24,37-41,45H,6,15-16,25-31H2,1H3/t37-,38+,39-,40-,41+/m1/s1. The van der Waals surface area contributed by atoms with Crippen LogP contribution in [0.1, 0.15) is 48.4 Å². The van der Waals surface area contributed by atoms with E-state index in [0.717, 1.165) is 35.1 Å². The van der Waals surface area contributed by atoms with Crippen molar-refractivity contribution in [2.24, 2.45) is 0 Å². The Morgan fingerprint density at radius 1 is 0.635 bits per heavy atom. The zero-order chi connectivity index (χ0) is 36.4. The zero-order valence-corrected chi connectivity index (χ0v) is 29.7. The van der Waals surface area contributed by atoms with Crippen LogP contribution in [0.25, 0.3) is 0 Å². The fourth-order valence-corrected chi connectivity index (χ4v) is 5.91. The third-order valence-electron chi connectivity index (χ3n) is 8.67. The van der Waals surface area contributed by atoms with Crippen LogP contribution in [0.3, 0.4) is 0 Å². The molecule has 0 aromatic heterocycles. The number of aliphatic hydroxyl groups is 1. The molecule has 0 radical (unpaired) electrons. The summed E-state index contributed by atoms with van der Waals surface area (Å²) in [7, 11) is 0. The topological polar surface area (TPSA) is 113 Å². The Kier molecular flexibility index (Phi) is 15.7. The molecule has 1 amide bonds. The Labute approximate surface area is 306 Å². The van der Waals surface area contributed by atoms with Crippen LogP contribution >= 0.6 is 0 Å². The average Bonchev–Trinajstić information content (AvgIpc) is 3.18. The van der Waals surface area contributed by atoms with Gasteiger partial charge in [-0.2, -0.15) is 0 Å². The van der Waals surface area contributed by atoms with E-state index in [2.05, 4.69) is 0 Å². The predicted molar refractivity (Wildman–Crippen MR) is 195 cm³/mol. The molecular formula is C42H49NO9. The summed E-state index contributed by atoms with van der Waals surface area (Å²) in [4.78, 5) is 26.6. The lowest BCUT2D eigenvalue weighted by Gasteiger charge is -2.43. The van der Waals surface area contributed by atoms with Crippen molar-refractivity contribution in [2.45, 2.75) is 83.3 Å². The second-order valence-electron chi connectivity index (χ2n) is 12.7. The predicted octanol–water partition coefficient (Wildman–Crippen LogP) is 6.83. The molecule has 0 bridgehead atoms. The monoisotopic (exact) mass is 711 g/mol. The van der Waals surface area contributed by atoms with E-state index in [1.54, 1.807) is 4.90 Å². The molecule has 276 valence electrons. The van der Waals surface area contributed by atoms with Gasteiger partial charge in [-0.3, -0.25) is 4.79 Å². The molecule has 1 fully saturated rings. The van der Waals surface area contributed by atoms with Gasteiger partial charge in [0.05, 0.1) is 13.2 Å². The van der Waals surface area contributed by atoms with Gasteiger partial charge in [-0.25, -0.2) is 4.79 Å². The lowest BCUT2D eigenvalue weighted by Crippen LogP contribution is -2.61. The highest BCUT2D eigenvalue weighted by Crippen LogP contribution is 2.29. The number of amides is 1. The molecule has 0 aliphatic carbocycles. The number of carbonyl (C=O) groups excluding carboxylic acids is 2. The number of unbranched alkanes of at least 4 members (excludes halogenated alkanes) is 2. The summed E-state index contributed by atoms with van der Waals surface area (Å²) < 4.78 is 36.0. The second-order valence-corrected chi connectivity index (χ2v) is 12.7. The maximum atomic E-state index is 13.1. The molecule has 1 N–H and O–H groups in total. The van der Waals surface area contributed by atoms with E-state index in [-0.39, 0.29) is 32.5 Å². The Morgan fingerprint density at radius 3 is 1.71 bits per heavy atom. The molecule has 10 nitrogen and oxygen atoms in total. The number of carbonyl (C=O) groups is 2. The van der Waals surface area contributed by atoms with Crippen LogP contribution in [0.2, 0.25) is 0 Å². The third-order valence-corrected chi connectivity index (χ3v) is 8.67. The van der Waals surface area contributed by atoms with Crippen molar-refractivity contribution >= 4 is 12.1 Å². The van der Waals surface area contributed by atoms with Crippen LogP contribution in [0.5, 0.6) is 0 Å². The summed E-state index contributed by atoms with van der Waals surface area (Å²) in [6.45, 7) is 3.12. The Balaban J connectivity index is 1.18. The molecule has 5 atom stereocenters. The van der Waals surface area contributed by atoms with Gasteiger partial charge in [-0.1, -0.05) is 121 Å². The number of hydrogen-bond acceptors (Lipinski definition) is 9. The molecule has 5 rings (SSSR count). The number of ether oxygens (including phenoxy) is 6. The van der Waals surface area contributed by atoms with Crippen LogP contribution in [-0.2, 0) is 59.6 Å². The van der Waals surface area contributed by atoms with Crippen molar-refractivity contribution in [2.75, 3.05) is 19.8 Å². The van der Waals surface area contributed by atoms with Crippen molar-refractivity contribution in [3.63, 3.8) is 0 Å². The van der Waals surface area contributed by atoms with Gasteiger partial charge in [0.2, 0.25) is 0 Å². The van der Waals surface area contributed by atoms with E-state index >= 15 is 0 Å². The van der Waals surface area contributed by atoms with Crippen molar-refractivity contribution in [3.8, 4) is 0 Å². The normalized spacial score (nSPS) is 19.8. The molecule has 0 saturated carbocycles. The summed E-state index contributed by atoms with van der Waals surface area (Å²) in [6.07, 6.45) is -2.81. The van der Waals surface area contributed by atoms with E-state index in [1.807, 2.05) is 121 Å². The molecule has 1 aliphatic heterocycles. The first-order valence-corrected chi connectivity index (χ1v) is 17.9. The number of hydrogen-bond donors (Lipinski definition) is 1. The van der Waals surface area contributed by atoms with E-state index in [9.17, 15) is 14.7 Å². The van der Waals surface area contributed by atoms with Crippen molar-refractivity contribution in [1.82, 2.24) is 4.90 Å². The molecule has 1 aliphatic rings. The van der Waals surface area contributed by atoms with Crippen LogP contribution in [0.15, 0.2) is 121 Å². The minimum absolute atomic E-state index is 0.116. The highest BCUT2D eigenvalue weighted by molar-refractivity contribution is 5.67. The van der Waals surface area contributed by atoms with Crippen molar-refractivity contribution < 1.29 is 43.1 Å². The molecule has 1 heterocycles. The molecule has 52 heavy (non-hydrogen) atoms. The van der Waals surface area contributed by atoms with Gasteiger partial charge >= 0.3 is 12.1 Å². The van der Waals surface area contributed by atoms with Crippen LogP contribution < -0.4 is 0 Å². The smallest absolute Gasteiger partial charge is 0.410 e. The van der Waals surface area contributed by atoms with E-state index in [0.29, 0.717) is 26.1 Å². The van der Waals surface area contributed by atoms with Crippen molar-refractivity contribution in [3.05, 3.63) is 144 Å². The summed E-state index contributed by atoms with van der Waals surface area (Å²) >= 11 is 0. The molecule has 10 heteroatoms. The SMILES string of the molecule is CC(=O)OC[C@H]1O[C@H](OCCCCCN(Cc2ccccc2)C(=O)OCc2ccccc2)[C@H](OCc2ccccc2)[C@@H](O)[C@@H]1OCc1ccccc1. The lowest BCUT2D eigenvalue weighted by molar-refractivity contribution is -0.319. The van der Waals surface area contributed by atoms with E-state index in [1.165, 1.54) is 6.92 Å². The maximum Gasteiger partial charge on any atom is 0.410 e. The number of aliphatic hydroxyl groups excluding tert-OH is 1. The number of rotatable bonds is 19. The largest absolute Gasteiger partial charge is 0.463 e. The van der Waals surface area contributed by atoms with Gasteiger partial charge in [0, 0.05) is 26.6 Å². The quantitative estimate of drug-likeness (QED) is 0.0826. The van der Waals surface area contributed by atoms with Gasteiger partial charge in [-0.15, -0.1) is 0 Å². The van der Waals surface area contributed by atoms with E-state index < -0.39 is 36.7 Å². The highest BCUT2D eigenvalue weighted by atomic mass is 16.7. The second kappa shape index (κ2) is 21.1. The van der Waals surface area contributed by atoms with Gasteiger partial charge in [0.25, 0.3) is 0 Å². The molecular weight excluding hydrogens is 662 g/mol. The summed E-state index contributed by atoms with van der Waals surface area (Å²) in [5.74, 6) is -0.468. The number of nitrogens with zero attached hydrogens (tertiary/aromatic N) is 1. The maximum absolute atomic E-state index is 13.1. The summed E-state index contributed by atoms with van der Waals surface area (Å²) in [5, 5.41) is 11.7. The van der Waals surface area contributed by atoms with Crippen LogP contribution in [0, 0.1) is 0 Å².